The first kappa shape index (κ1) is 11.5. The summed E-state index contributed by atoms with van der Waals surface area (Å²) in [6.07, 6.45) is 0. The number of halogens is 2. The Labute approximate surface area is 104 Å². The van der Waals surface area contributed by atoms with Crippen LogP contribution in [0.25, 0.3) is 0 Å². The molecule has 2 aromatic rings. The highest BCUT2D eigenvalue weighted by Gasteiger charge is 2.13. The highest BCUT2D eigenvalue weighted by Crippen LogP contribution is 2.19. The molecule has 0 aliphatic carbocycles. The van der Waals surface area contributed by atoms with E-state index in [1.807, 2.05) is 0 Å². The molecule has 17 heavy (non-hydrogen) atoms. The molecule has 0 spiro atoms. The van der Waals surface area contributed by atoms with Crippen LogP contribution in [0.2, 0.25) is 0 Å². The van der Waals surface area contributed by atoms with Gasteiger partial charge in [-0.05, 0) is 18.2 Å². The topological polar surface area (TPSA) is 96.7 Å². The summed E-state index contributed by atoms with van der Waals surface area (Å²) < 4.78 is 14.0. The van der Waals surface area contributed by atoms with E-state index >= 15 is 0 Å². The fraction of sp³-hybridized carbons (Fsp3) is 0. The van der Waals surface area contributed by atoms with Crippen molar-refractivity contribution in [1.29, 1.82) is 0 Å². The average molecular weight is 300 g/mol. The minimum absolute atomic E-state index is 0.0492. The van der Waals surface area contributed by atoms with Crippen molar-refractivity contribution < 1.29 is 9.18 Å². The lowest BCUT2D eigenvalue weighted by atomic mass is 10.3. The second kappa shape index (κ2) is 4.50. The van der Waals surface area contributed by atoms with Gasteiger partial charge in [0.1, 0.15) is 5.82 Å². The van der Waals surface area contributed by atoms with Crippen LogP contribution in [-0.2, 0) is 0 Å². The van der Waals surface area contributed by atoms with Crippen LogP contribution in [0.3, 0.4) is 0 Å². The van der Waals surface area contributed by atoms with Gasteiger partial charge in [-0.25, -0.2) is 4.39 Å². The van der Waals surface area contributed by atoms with Gasteiger partial charge in [-0.1, -0.05) is 15.9 Å². The Morgan fingerprint density at radius 3 is 2.88 bits per heavy atom. The van der Waals surface area contributed by atoms with Crippen LogP contribution in [0, 0.1) is 5.82 Å². The van der Waals surface area contributed by atoms with Crippen LogP contribution in [0.4, 0.5) is 16.0 Å². The van der Waals surface area contributed by atoms with Gasteiger partial charge in [0, 0.05) is 4.47 Å². The zero-order chi connectivity index (χ0) is 12.4. The summed E-state index contributed by atoms with van der Waals surface area (Å²) >= 11 is 3.11. The van der Waals surface area contributed by atoms with Crippen molar-refractivity contribution >= 4 is 33.5 Å². The number of anilines is 2. The van der Waals surface area contributed by atoms with Crippen LogP contribution in [0.15, 0.2) is 22.7 Å². The third kappa shape index (κ3) is 2.59. The molecule has 0 unspecified atom stereocenters. The zero-order valence-electron chi connectivity index (χ0n) is 8.37. The first-order chi connectivity index (χ1) is 8.06. The second-order valence-corrected chi connectivity index (χ2v) is 4.04. The Hall–Kier alpha value is -1.96. The van der Waals surface area contributed by atoms with Crippen LogP contribution in [0.1, 0.15) is 10.6 Å². The SMILES string of the molecule is Nc1n[nH]c(C(=O)Nc2ccc(Br)cc2F)n1. The lowest BCUT2D eigenvalue weighted by molar-refractivity contribution is 0.101. The summed E-state index contributed by atoms with van der Waals surface area (Å²) in [6.45, 7) is 0. The molecule has 1 heterocycles. The molecule has 0 atom stereocenters. The lowest BCUT2D eigenvalue weighted by Gasteiger charge is -2.04. The summed E-state index contributed by atoms with van der Waals surface area (Å²) in [5, 5.41) is 8.16. The van der Waals surface area contributed by atoms with E-state index in [1.54, 1.807) is 6.07 Å². The lowest BCUT2D eigenvalue weighted by Crippen LogP contribution is -2.14. The molecule has 0 saturated carbocycles. The van der Waals surface area contributed by atoms with Gasteiger partial charge in [0.25, 0.3) is 5.91 Å². The van der Waals surface area contributed by atoms with E-state index in [0.29, 0.717) is 4.47 Å². The molecule has 0 aliphatic heterocycles. The van der Waals surface area contributed by atoms with Gasteiger partial charge >= 0.3 is 0 Å². The molecule has 1 amide bonds. The van der Waals surface area contributed by atoms with E-state index in [2.05, 4.69) is 36.4 Å². The van der Waals surface area contributed by atoms with Crippen molar-refractivity contribution in [2.24, 2.45) is 0 Å². The number of H-pyrrole nitrogens is 1. The van der Waals surface area contributed by atoms with Crippen LogP contribution in [0.5, 0.6) is 0 Å². The predicted octanol–water partition coefficient (Wildman–Crippen LogP) is 1.54. The number of rotatable bonds is 2. The molecular formula is C9H7BrFN5O. The summed E-state index contributed by atoms with van der Waals surface area (Å²) in [5.74, 6) is -1.30. The molecule has 6 nitrogen and oxygen atoms in total. The number of aromatic amines is 1. The number of benzene rings is 1. The molecule has 8 heteroatoms. The van der Waals surface area contributed by atoms with Gasteiger partial charge in [0.2, 0.25) is 11.8 Å². The van der Waals surface area contributed by atoms with E-state index in [0.717, 1.165) is 0 Å². The normalized spacial score (nSPS) is 10.2. The Kier molecular flexibility index (Phi) is 3.05. The quantitative estimate of drug-likeness (QED) is 0.783. The molecule has 2 rings (SSSR count). The maximum absolute atomic E-state index is 13.4. The summed E-state index contributed by atoms with van der Waals surface area (Å²) in [7, 11) is 0. The van der Waals surface area contributed by atoms with E-state index in [4.69, 9.17) is 5.73 Å². The molecule has 0 fully saturated rings. The average Bonchev–Trinajstić information content (AvgIpc) is 2.69. The number of nitrogens with zero attached hydrogens (tertiary/aromatic N) is 2. The van der Waals surface area contributed by atoms with Gasteiger partial charge in [0.05, 0.1) is 5.69 Å². The number of nitrogens with one attached hydrogen (secondary N) is 2. The Morgan fingerprint density at radius 2 is 2.29 bits per heavy atom. The first-order valence-electron chi connectivity index (χ1n) is 4.50. The summed E-state index contributed by atoms with van der Waals surface area (Å²) in [5.41, 5.74) is 5.30. The largest absolute Gasteiger partial charge is 0.366 e. The van der Waals surface area contributed by atoms with Crippen molar-refractivity contribution in [1.82, 2.24) is 15.2 Å². The first-order valence-corrected chi connectivity index (χ1v) is 5.30. The van der Waals surface area contributed by atoms with E-state index in [9.17, 15) is 9.18 Å². The monoisotopic (exact) mass is 299 g/mol. The number of carbonyl (C=O) groups excluding carboxylic acids is 1. The summed E-state index contributed by atoms with van der Waals surface area (Å²) in [4.78, 5) is 15.2. The molecule has 0 aliphatic rings. The Morgan fingerprint density at radius 1 is 1.53 bits per heavy atom. The van der Waals surface area contributed by atoms with E-state index in [-0.39, 0.29) is 17.5 Å². The van der Waals surface area contributed by atoms with Gasteiger partial charge in [0.15, 0.2) is 0 Å². The Balaban J connectivity index is 2.18. The zero-order valence-corrected chi connectivity index (χ0v) is 9.95. The van der Waals surface area contributed by atoms with Crippen molar-refractivity contribution in [3.05, 3.63) is 34.3 Å². The standard InChI is InChI=1S/C9H7BrFN5O/c10-4-1-2-6(5(11)3-4)13-8(17)7-14-9(12)16-15-7/h1-3H,(H,13,17)(H3,12,14,15,16). The Bertz CT molecular complexity index is 570. The number of hydrogen-bond donors (Lipinski definition) is 3. The molecule has 1 aromatic carbocycles. The van der Waals surface area contributed by atoms with Crippen molar-refractivity contribution in [3.63, 3.8) is 0 Å². The number of nitrogen functional groups attached to an aromatic ring is 1. The number of nitrogens with two attached hydrogens (primary N) is 1. The second-order valence-electron chi connectivity index (χ2n) is 3.12. The predicted molar refractivity (Wildman–Crippen MR) is 62.8 cm³/mol. The summed E-state index contributed by atoms with van der Waals surface area (Å²) in [6, 6.07) is 4.27. The van der Waals surface area contributed by atoms with Crippen molar-refractivity contribution in [3.8, 4) is 0 Å². The molecule has 1 aromatic heterocycles. The molecular weight excluding hydrogens is 293 g/mol. The van der Waals surface area contributed by atoms with Crippen molar-refractivity contribution in [2.45, 2.75) is 0 Å². The molecule has 88 valence electrons. The maximum atomic E-state index is 13.4. The minimum atomic E-state index is -0.615. The fourth-order valence-corrected chi connectivity index (χ4v) is 1.48. The fourth-order valence-electron chi connectivity index (χ4n) is 1.15. The highest BCUT2D eigenvalue weighted by molar-refractivity contribution is 9.10. The van der Waals surface area contributed by atoms with Crippen molar-refractivity contribution in [2.75, 3.05) is 11.1 Å². The van der Waals surface area contributed by atoms with Gasteiger partial charge in [-0.15, -0.1) is 5.10 Å². The van der Waals surface area contributed by atoms with E-state index < -0.39 is 11.7 Å². The van der Waals surface area contributed by atoms with Gasteiger partial charge < -0.3 is 11.1 Å². The smallest absolute Gasteiger partial charge is 0.293 e. The maximum Gasteiger partial charge on any atom is 0.293 e. The van der Waals surface area contributed by atoms with Crippen LogP contribution >= 0.6 is 15.9 Å². The van der Waals surface area contributed by atoms with Crippen LogP contribution in [-0.4, -0.2) is 21.1 Å². The highest BCUT2D eigenvalue weighted by atomic mass is 79.9. The molecule has 0 radical (unpaired) electrons. The number of carbonyl (C=O) groups is 1. The van der Waals surface area contributed by atoms with Gasteiger partial charge in [-0.2, -0.15) is 4.98 Å². The molecule has 0 saturated heterocycles. The van der Waals surface area contributed by atoms with Gasteiger partial charge in [-0.3, -0.25) is 9.89 Å². The van der Waals surface area contributed by atoms with E-state index in [1.165, 1.54) is 12.1 Å². The third-order valence-electron chi connectivity index (χ3n) is 1.90. The number of aromatic nitrogens is 3. The number of amides is 1. The molecule has 4 N–H and O–H groups in total. The third-order valence-corrected chi connectivity index (χ3v) is 2.39. The van der Waals surface area contributed by atoms with Crippen LogP contribution < -0.4 is 11.1 Å². The molecule has 0 bridgehead atoms. The minimum Gasteiger partial charge on any atom is -0.366 e. The number of hydrogen-bond acceptors (Lipinski definition) is 4.